The van der Waals surface area contributed by atoms with E-state index in [1.165, 1.54) is 12.1 Å². The molecule has 0 aromatic heterocycles. The zero-order valence-corrected chi connectivity index (χ0v) is 22.8. The molecule has 1 saturated heterocycles. The van der Waals surface area contributed by atoms with Crippen LogP contribution >= 0.6 is 11.6 Å². The van der Waals surface area contributed by atoms with E-state index in [1.807, 2.05) is 0 Å². The zero-order chi connectivity index (χ0) is 29.7. The molecule has 3 aliphatic rings. The maximum Gasteiger partial charge on any atom is 0.407 e. The molecule has 3 amide bonds. The van der Waals surface area contributed by atoms with Gasteiger partial charge < -0.3 is 25.8 Å². The molecule has 1 heterocycles. The van der Waals surface area contributed by atoms with Crippen molar-refractivity contribution >= 4 is 45.0 Å². The van der Waals surface area contributed by atoms with Crippen LogP contribution in [0.2, 0.25) is 5.02 Å². The number of anilines is 1. The lowest BCUT2D eigenvalue weighted by molar-refractivity contribution is -0.126. The maximum absolute atomic E-state index is 13.7. The van der Waals surface area contributed by atoms with Crippen molar-refractivity contribution in [3.8, 4) is 0 Å². The first-order chi connectivity index (χ1) is 19.3. The van der Waals surface area contributed by atoms with Gasteiger partial charge in [0.1, 0.15) is 12.6 Å². The summed E-state index contributed by atoms with van der Waals surface area (Å²) >= 11 is 6.24. The number of ether oxygens (including phenoxy) is 1. The smallest absolute Gasteiger partial charge is 0.407 e. The number of cyclic esters (lactones) is 1. The molecule has 2 aliphatic carbocycles. The second-order valence-electron chi connectivity index (χ2n) is 10.5. The molecule has 3 fully saturated rings. The third-order valence-electron chi connectivity index (χ3n) is 8.09. The molecule has 0 radical (unpaired) electrons. The second kappa shape index (κ2) is 10.8. The fourth-order valence-corrected chi connectivity index (χ4v) is 8.30. The molecule has 5 rings (SSSR count). The number of carbonyl (C=O) groups excluding carboxylic acids is 3. The summed E-state index contributed by atoms with van der Waals surface area (Å²) in [5, 5.41) is 17.6. The predicted molar refractivity (Wildman–Crippen MR) is 138 cm³/mol. The lowest BCUT2D eigenvalue weighted by atomic mass is 9.74. The molecule has 15 heteroatoms. The van der Waals surface area contributed by atoms with Gasteiger partial charge in [-0.05, 0) is 55.7 Å². The van der Waals surface area contributed by atoms with E-state index in [-0.39, 0.29) is 47.2 Å². The molecule has 2 aromatic carbocycles. The average molecular weight is 616 g/mol. The van der Waals surface area contributed by atoms with E-state index in [2.05, 4.69) is 16.0 Å². The Morgan fingerprint density at radius 3 is 2.32 bits per heavy atom. The Balaban J connectivity index is 1.30. The number of nitrogens with one attached hydrogen (secondary N) is 3. The summed E-state index contributed by atoms with van der Waals surface area (Å²) in [6.45, 7) is -0.257. The van der Waals surface area contributed by atoms with Gasteiger partial charge in [0.05, 0.1) is 20.8 Å². The highest BCUT2D eigenvalue weighted by molar-refractivity contribution is 7.92. The predicted octanol–water partition coefficient (Wildman–Crippen LogP) is 2.93. The number of aliphatic hydroxyl groups is 1. The molecule has 1 aliphatic heterocycles. The van der Waals surface area contributed by atoms with Crippen molar-refractivity contribution in [3.05, 3.63) is 58.4 Å². The molecular weight excluding hydrogens is 591 g/mol. The largest absolute Gasteiger partial charge is 0.447 e. The van der Waals surface area contributed by atoms with Gasteiger partial charge in [-0.15, -0.1) is 0 Å². The van der Waals surface area contributed by atoms with E-state index in [0.29, 0.717) is 25.0 Å². The van der Waals surface area contributed by atoms with E-state index in [4.69, 9.17) is 16.3 Å². The van der Waals surface area contributed by atoms with Crippen molar-refractivity contribution in [1.29, 1.82) is 0 Å². The minimum absolute atomic E-state index is 0.0787. The zero-order valence-electron chi connectivity index (χ0n) is 21.3. The molecule has 4 N–H and O–H groups in total. The van der Waals surface area contributed by atoms with Crippen molar-refractivity contribution in [3.63, 3.8) is 0 Å². The normalized spacial score (nSPS) is 27.2. The van der Waals surface area contributed by atoms with Crippen LogP contribution in [-0.4, -0.2) is 61.5 Å². The molecule has 10 nitrogen and oxygen atoms in total. The molecule has 2 aromatic rings. The number of hydrogen-bond donors (Lipinski definition) is 4. The van der Waals surface area contributed by atoms with Crippen molar-refractivity contribution in [2.45, 2.75) is 47.5 Å². The monoisotopic (exact) mass is 615 g/mol. The van der Waals surface area contributed by atoms with Gasteiger partial charge in [-0.3, -0.25) is 9.59 Å². The second-order valence-corrected chi connectivity index (χ2v) is 13.1. The lowest BCUT2D eigenvalue weighted by Gasteiger charge is -2.42. The highest BCUT2D eigenvalue weighted by atomic mass is 35.5. The average Bonchev–Trinajstić information content (AvgIpc) is 3.38. The number of benzene rings is 2. The molecule has 41 heavy (non-hydrogen) atoms. The Morgan fingerprint density at radius 1 is 1.10 bits per heavy atom. The van der Waals surface area contributed by atoms with Crippen LogP contribution in [0.25, 0.3) is 0 Å². The van der Waals surface area contributed by atoms with E-state index >= 15 is 0 Å². The SMILES string of the molecule is O=C1N[C@H](C(=O)NC[C@@]2(O)C3CC[C@H]2C[C@H](S(=O)(=O)c2cc(C(=O)Nc4cc(F)c(F)c(F)c4)ccc2Cl)C3)CO1. The van der Waals surface area contributed by atoms with Crippen molar-refractivity contribution in [2.75, 3.05) is 18.5 Å². The van der Waals surface area contributed by atoms with Crippen LogP contribution in [0.15, 0.2) is 35.2 Å². The third-order valence-corrected chi connectivity index (χ3v) is 10.7. The number of fused-ring (bicyclic) bond motifs is 2. The van der Waals surface area contributed by atoms with Gasteiger partial charge in [-0.25, -0.2) is 26.4 Å². The Morgan fingerprint density at radius 2 is 1.73 bits per heavy atom. The number of halogens is 4. The van der Waals surface area contributed by atoms with E-state index in [0.717, 1.165) is 6.07 Å². The number of sulfone groups is 1. The van der Waals surface area contributed by atoms with Gasteiger partial charge >= 0.3 is 6.09 Å². The first-order valence-corrected chi connectivity index (χ1v) is 14.6. The Bertz CT molecular complexity index is 1500. The van der Waals surface area contributed by atoms with Crippen LogP contribution in [0, 0.1) is 29.3 Å². The van der Waals surface area contributed by atoms with Gasteiger partial charge in [0.15, 0.2) is 27.3 Å². The fourth-order valence-electron chi connectivity index (χ4n) is 5.90. The number of carbonyl (C=O) groups is 3. The van der Waals surface area contributed by atoms with E-state index in [9.17, 15) is 41.1 Å². The minimum atomic E-state index is -4.11. The quantitative estimate of drug-likeness (QED) is 0.350. The molecule has 1 unspecified atom stereocenters. The molecular formula is C26H25ClF3N3O7S. The lowest BCUT2D eigenvalue weighted by Crippen LogP contribution is -2.56. The van der Waals surface area contributed by atoms with Crippen molar-refractivity contribution in [1.82, 2.24) is 10.6 Å². The van der Waals surface area contributed by atoms with Crippen LogP contribution in [0.4, 0.5) is 23.7 Å². The fraction of sp³-hybridized carbons (Fsp3) is 0.423. The summed E-state index contributed by atoms with van der Waals surface area (Å²) in [7, 11) is -4.11. The minimum Gasteiger partial charge on any atom is -0.447 e. The molecule has 2 bridgehead atoms. The van der Waals surface area contributed by atoms with Crippen LogP contribution in [0.5, 0.6) is 0 Å². The van der Waals surface area contributed by atoms with Gasteiger partial charge in [0, 0.05) is 29.9 Å². The number of hydrogen-bond acceptors (Lipinski definition) is 7. The standard InChI is InChI=1S/C26H25ClF3N3O7S/c27-17-4-1-12(23(34)32-15-8-18(28)22(30)19(29)9-15)5-21(17)41(38,39)16-6-13-2-3-14(7-16)26(13,37)11-31-24(35)20-10-40-25(36)33-20/h1,4-5,8-9,13-14,16,20,37H,2-3,6-7,10-11H2,(H,31,35)(H,32,34)(H,33,36)/t13-,14?,16-,20-,26-/m0/s1. The first-order valence-electron chi connectivity index (χ1n) is 12.7. The molecule has 2 saturated carbocycles. The summed E-state index contributed by atoms with van der Waals surface area (Å²) in [5.41, 5.74) is -1.89. The van der Waals surface area contributed by atoms with Gasteiger partial charge in [-0.2, -0.15) is 0 Å². The van der Waals surface area contributed by atoms with Crippen LogP contribution in [0.3, 0.4) is 0 Å². The van der Waals surface area contributed by atoms with E-state index < -0.39 is 73.9 Å². The summed E-state index contributed by atoms with van der Waals surface area (Å²) < 4.78 is 72.5. The number of rotatable bonds is 7. The maximum atomic E-state index is 13.7. The highest BCUT2D eigenvalue weighted by Gasteiger charge is 2.56. The summed E-state index contributed by atoms with van der Waals surface area (Å²) in [6, 6.07) is 3.80. The van der Waals surface area contributed by atoms with Crippen molar-refractivity contribution in [2.24, 2.45) is 11.8 Å². The molecule has 5 atom stereocenters. The van der Waals surface area contributed by atoms with Crippen LogP contribution in [0.1, 0.15) is 36.0 Å². The van der Waals surface area contributed by atoms with Crippen molar-refractivity contribution < 1.29 is 45.8 Å². The van der Waals surface area contributed by atoms with E-state index in [1.54, 1.807) is 0 Å². The summed E-state index contributed by atoms with van der Waals surface area (Å²) in [5.74, 6) is -7.05. The summed E-state index contributed by atoms with van der Waals surface area (Å²) in [6.07, 6.45) is 0.513. The van der Waals surface area contributed by atoms with Gasteiger partial charge in [-0.1, -0.05) is 11.6 Å². The van der Waals surface area contributed by atoms with Crippen LogP contribution in [-0.2, 0) is 19.4 Å². The van der Waals surface area contributed by atoms with Gasteiger partial charge in [0.25, 0.3) is 5.91 Å². The Hall–Kier alpha value is -3.36. The molecule has 220 valence electrons. The highest BCUT2D eigenvalue weighted by Crippen LogP contribution is 2.52. The Labute approximate surface area is 237 Å². The van der Waals surface area contributed by atoms with Gasteiger partial charge in [0.2, 0.25) is 5.91 Å². The topological polar surface area (TPSA) is 151 Å². The molecule has 0 spiro atoms. The number of amides is 3. The Kier molecular flexibility index (Phi) is 7.68. The summed E-state index contributed by atoms with van der Waals surface area (Å²) in [4.78, 5) is 36.0. The number of alkyl carbamates (subject to hydrolysis) is 1. The van der Waals surface area contributed by atoms with Crippen LogP contribution < -0.4 is 16.0 Å². The third kappa shape index (κ3) is 5.47. The first kappa shape index (κ1) is 29.1.